The molecule has 45 heavy (non-hydrogen) atoms. The average molecular weight is 606 g/mol. The van der Waals surface area contributed by atoms with Crippen LogP contribution in [0.5, 0.6) is 0 Å². The Hall–Kier alpha value is -4.91. The molecule has 3 N–H and O–H groups in total. The number of hydrogen-bond donors (Lipinski definition) is 2. The van der Waals surface area contributed by atoms with Crippen LogP contribution in [0.1, 0.15) is 37.0 Å². The lowest BCUT2D eigenvalue weighted by Crippen LogP contribution is -2.53. The second-order valence-corrected chi connectivity index (χ2v) is 11.8. The highest BCUT2D eigenvalue weighted by atomic mass is 16.5. The zero-order valence-corrected chi connectivity index (χ0v) is 26.1. The molecule has 0 aliphatic rings. The molecule has 0 bridgehead atoms. The van der Waals surface area contributed by atoms with Gasteiger partial charge >= 0.3 is 12.0 Å². The van der Waals surface area contributed by atoms with Gasteiger partial charge in [-0.2, -0.15) is 0 Å². The van der Waals surface area contributed by atoms with Crippen molar-refractivity contribution in [3.8, 4) is 11.1 Å². The number of nitrogens with two attached hydrogens (primary N) is 1. The standard InChI is InChI=1S/C38H43N3O4/c1-28(2)25-41(26-34(23-18-29-12-6-3-7-13-29)37(43)45-27-31-14-8-4-9-15-31)38(44)40-35(36(39)42)24-30-19-21-33(22-20-30)32-16-10-5-11-17-32/h3-17,19-22,28,34-35H,18,23-27H2,1-2H3,(H2,39,42)(H,40,44)/t34-,35-/m0/s1. The largest absolute Gasteiger partial charge is 0.461 e. The molecule has 0 aromatic heterocycles. The Bertz CT molecular complexity index is 1490. The third kappa shape index (κ3) is 10.6. The number of urea groups is 1. The normalized spacial score (nSPS) is 12.2. The lowest BCUT2D eigenvalue weighted by atomic mass is 9.98. The Balaban J connectivity index is 1.46. The summed E-state index contributed by atoms with van der Waals surface area (Å²) in [6.45, 7) is 4.73. The maximum atomic E-state index is 13.7. The van der Waals surface area contributed by atoms with E-state index in [1.807, 2.05) is 129 Å². The van der Waals surface area contributed by atoms with Crippen molar-refractivity contribution < 1.29 is 19.1 Å². The van der Waals surface area contributed by atoms with Gasteiger partial charge in [-0.25, -0.2) is 4.79 Å². The fourth-order valence-electron chi connectivity index (χ4n) is 5.23. The summed E-state index contributed by atoms with van der Waals surface area (Å²) in [4.78, 5) is 41.2. The van der Waals surface area contributed by atoms with Crippen molar-refractivity contribution in [1.82, 2.24) is 10.2 Å². The Morgan fingerprint density at radius 1 is 0.711 bits per heavy atom. The number of benzene rings is 4. The summed E-state index contributed by atoms with van der Waals surface area (Å²) in [6.07, 6.45) is 1.42. The van der Waals surface area contributed by atoms with Gasteiger partial charge in [-0.3, -0.25) is 9.59 Å². The number of carbonyl (C=O) groups is 3. The van der Waals surface area contributed by atoms with E-state index >= 15 is 0 Å². The van der Waals surface area contributed by atoms with Gasteiger partial charge in [0.05, 0.1) is 5.92 Å². The summed E-state index contributed by atoms with van der Waals surface area (Å²) >= 11 is 0. The molecular formula is C38H43N3O4. The molecular weight excluding hydrogens is 562 g/mol. The maximum absolute atomic E-state index is 13.7. The van der Waals surface area contributed by atoms with Gasteiger partial charge in [-0.15, -0.1) is 0 Å². The van der Waals surface area contributed by atoms with Crippen LogP contribution in [0.15, 0.2) is 115 Å². The molecule has 2 atom stereocenters. The highest BCUT2D eigenvalue weighted by Crippen LogP contribution is 2.20. The second-order valence-electron chi connectivity index (χ2n) is 11.8. The van der Waals surface area contributed by atoms with Crippen molar-refractivity contribution in [3.63, 3.8) is 0 Å². The van der Waals surface area contributed by atoms with Crippen molar-refractivity contribution in [2.45, 2.75) is 45.8 Å². The number of nitrogens with one attached hydrogen (secondary N) is 1. The fourth-order valence-corrected chi connectivity index (χ4v) is 5.23. The van der Waals surface area contributed by atoms with Gasteiger partial charge in [0.25, 0.3) is 0 Å². The molecule has 7 heteroatoms. The number of primary amides is 1. The van der Waals surface area contributed by atoms with Crippen LogP contribution in [0.2, 0.25) is 0 Å². The highest BCUT2D eigenvalue weighted by molar-refractivity contribution is 5.86. The molecule has 0 unspecified atom stereocenters. The van der Waals surface area contributed by atoms with E-state index in [0.29, 0.717) is 19.4 Å². The van der Waals surface area contributed by atoms with Crippen molar-refractivity contribution >= 4 is 17.9 Å². The molecule has 0 heterocycles. The number of esters is 1. The molecule has 7 nitrogen and oxygen atoms in total. The minimum atomic E-state index is -0.914. The van der Waals surface area contributed by atoms with E-state index in [9.17, 15) is 14.4 Å². The van der Waals surface area contributed by atoms with Crippen LogP contribution in [0.4, 0.5) is 4.79 Å². The first-order valence-electron chi connectivity index (χ1n) is 15.5. The minimum absolute atomic E-state index is 0.128. The van der Waals surface area contributed by atoms with E-state index in [4.69, 9.17) is 10.5 Å². The van der Waals surface area contributed by atoms with Crippen molar-refractivity contribution in [1.29, 1.82) is 0 Å². The van der Waals surface area contributed by atoms with Crippen molar-refractivity contribution in [3.05, 3.63) is 132 Å². The summed E-state index contributed by atoms with van der Waals surface area (Å²) in [5.41, 5.74) is 10.8. The predicted molar refractivity (Wildman–Crippen MR) is 178 cm³/mol. The highest BCUT2D eigenvalue weighted by Gasteiger charge is 2.29. The van der Waals surface area contributed by atoms with Crippen LogP contribution in [-0.4, -0.2) is 41.9 Å². The zero-order chi connectivity index (χ0) is 32.0. The zero-order valence-electron chi connectivity index (χ0n) is 26.1. The van der Waals surface area contributed by atoms with Gasteiger partial charge in [0.15, 0.2) is 0 Å². The van der Waals surface area contributed by atoms with Gasteiger partial charge in [0.1, 0.15) is 12.6 Å². The minimum Gasteiger partial charge on any atom is -0.461 e. The second kappa shape index (κ2) is 16.8. The molecule has 0 saturated carbocycles. The molecule has 4 aromatic carbocycles. The number of carbonyl (C=O) groups excluding carboxylic acids is 3. The molecule has 234 valence electrons. The first-order chi connectivity index (χ1) is 21.8. The summed E-state index contributed by atoms with van der Waals surface area (Å²) in [6, 6.07) is 36.0. The van der Waals surface area contributed by atoms with Crippen LogP contribution >= 0.6 is 0 Å². The van der Waals surface area contributed by atoms with Gasteiger partial charge in [0.2, 0.25) is 5.91 Å². The summed E-state index contributed by atoms with van der Waals surface area (Å²) < 4.78 is 5.73. The Kier molecular flexibility index (Phi) is 12.3. The molecule has 0 fully saturated rings. The Morgan fingerprint density at radius 2 is 1.27 bits per heavy atom. The van der Waals surface area contributed by atoms with Crippen LogP contribution in [0.3, 0.4) is 0 Å². The predicted octanol–water partition coefficient (Wildman–Crippen LogP) is 6.41. The molecule has 0 radical (unpaired) electrons. The number of aryl methyl sites for hydroxylation is 1. The third-order valence-corrected chi connectivity index (χ3v) is 7.64. The van der Waals surface area contributed by atoms with E-state index < -0.39 is 23.9 Å². The van der Waals surface area contributed by atoms with E-state index in [-0.39, 0.29) is 31.5 Å². The van der Waals surface area contributed by atoms with E-state index in [2.05, 4.69) is 5.32 Å². The summed E-state index contributed by atoms with van der Waals surface area (Å²) in [5, 5.41) is 2.85. The van der Waals surface area contributed by atoms with Gasteiger partial charge in [-0.05, 0) is 46.6 Å². The monoisotopic (exact) mass is 605 g/mol. The van der Waals surface area contributed by atoms with Crippen LogP contribution < -0.4 is 11.1 Å². The number of ether oxygens (including phenoxy) is 1. The van der Waals surface area contributed by atoms with Gasteiger partial charge in [0, 0.05) is 19.5 Å². The lowest BCUT2D eigenvalue weighted by Gasteiger charge is -2.30. The van der Waals surface area contributed by atoms with Crippen molar-refractivity contribution in [2.24, 2.45) is 17.6 Å². The fraction of sp³-hybridized carbons (Fsp3) is 0.289. The molecule has 0 aliphatic heterocycles. The number of hydrogen-bond acceptors (Lipinski definition) is 4. The Morgan fingerprint density at radius 3 is 1.84 bits per heavy atom. The first kappa shape index (κ1) is 33.0. The molecule has 4 aromatic rings. The average Bonchev–Trinajstić information content (AvgIpc) is 3.06. The summed E-state index contributed by atoms with van der Waals surface area (Å²) in [5.74, 6) is -1.41. The number of nitrogens with zero attached hydrogens (tertiary/aromatic N) is 1. The molecule has 3 amide bonds. The summed E-state index contributed by atoms with van der Waals surface area (Å²) in [7, 11) is 0. The first-order valence-corrected chi connectivity index (χ1v) is 15.5. The lowest BCUT2D eigenvalue weighted by molar-refractivity contribution is -0.150. The molecule has 0 saturated heterocycles. The van der Waals surface area contributed by atoms with E-state index in [0.717, 1.165) is 27.8 Å². The van der Waals surface area contributed by atoms with Crippen LogP contribution in [0.25, 0.3) is 11.1 Å². The quantitative estimate of drug-likeness (QED) is 0.153. The van der Waals surface area contributed by atoms with Crippen LogP contribution in [-0.2, 0) is 33.8 Å². The topological polar surface area (TPSA) is 102 Å². The van der Waals surface area contributed by atoms with E-state index in [1.165, 1.54) is 0 Å². The van der Waals surface area contributed by atoms with Crippen LogP contribution in [0, 0.1) is 11.8 Å². The van der Waals surface area contributed by atoms with E-state index in [1.54, 1.807) is 4.90 Å². The number of amides is 3. The molecule has 4 rings (SSSR count). The SMILES string of the molecule is CC(C)CN(C[C@H](CCc1ccccc1)C(=O)OCc1ccccc1)C(=O)N[C@@H](Cc1ccc(-c2ccccc2)cc1)C(N)=O. The van der Waals surface area contributed by atoms with Crippen molar-refractivity contribution in [2.75, 3.05) is 13.1 Å². The maximum Gasteiger partial charge on any atom is 0.318 e. The molecule has 0 aliphatic carbocycles. The van der Waals surface area contributed by atoms with Gasteiger partial charge in [-0.1, -0.05) is 129 Å². The smallest absolute Gasteiger partial charge is 0.318 e. The third-order valence-electron chi connectivity index (χ3n) is 7.64. The number of rotatable bonds is 15. The van der Waals surface area contributed by atoms with Gasteiger partial charge < -0.3 is 20.7 Å². The molecule has 0 spiro atoms. The Labute approximate surface area is 266 Å².